The maximum atomic E-state index is 11.5. The van der Waals surface area contributed by atoms with E-state index >= 15 is 0 Å². The van der Waals surface area contributed by atoms with Crippen molar-refractivity contribution in [2.24, 2.45) is 0 Å². The van der Waals surface area contributed by atoms with Crippen LogP contribution >= 0.6 is 0 Å². The molecule has 0 saturated carbocycles. The monoisotopic (exact) mass is 180 g/mol. The molecule has 0 saturated heterocycles. The molecular weight excluding hydrogens is 164 g/mol. The molecule has 0 aromatic rings. The summed E-state index contributed by atoms with van der Waals surface area (Å²) in [6.07, 6.45) is 3.58. The first-order chi connectivity index (χ1) is 6.20. The van der Waals surface area contributed by atoms with Gasteiger partial charge in [-0.2, -0.15) is 0 Å². The van der Waals surface area contributed by atoms with Crippen LogP contribution in [0.5, 0.6) is 0 Å². The second-order valence-electron chi connectivity index (χ2n) is 3.32. The minimum Gasteiger partial charge on any atom is -0.500 e. The molecule has 0 aliphatic heterocycles. The summed E-state index contributed by atoms with van der Waals surface area (Å²) in [5.74, 6) is 0.925. The zero-order chi connectivity index (χ0) is 9.84. The molecule has 0 amide bonds. The summed E-state index contributed by atoms with van der Waals surface area (Å²) in [6, 6.07) is 0. The standard InChI is InChI=1S/C11H16O2/c1-4-5-6-9-10(13-3)7-8(2)11(9)12/h2,4-7H2,1,3H3. The minimum absolute atomic E-state index is 0.102. The van der Waals surface area contributed by atoms with Crippen LogP contribution in [0, 0.1) is 0 Å². The summed E-state index contributed by atoms with van der Waals surface area (Å²) >= 11 is 0. The van der Waals surface area contributed by atoms with Crippen LogP contribution in [0.2, 0.25) is 0 Å². The number of ketones is 1. The molecule has 0 radical (unpaired) electrons. The summed E-state index contributed by atoms with van der Waals surface area (Å²) in [5, 5.41) is 0. The quantitative estimate of drug-likeness (QED) is 0.621. The summed E-state index contributed by atoms with van der Waals surface area (Å²) < 4.78 is 5.16. The van der Waals surface area contributed by atoms with Gasteiger partial charge in [0.05, 0.1) is 7.11 Å². The largest absolute Gasteiger partial charge is 0.500 e. The van der Waals surface area contributed by atoms with Gasteiger partial charge in [0.15, 0.2) is 5.78 Å². The second kappa shape index (κ2) is 4.26. The first-order valence-corrected chi connectivity index (χ1v) is 4.69. The molecule has 0 aromatic heterocycles. The molecule has 0 fully saturated rings. The van der Waals surface area contributed by atoms with E-state index in [2.05, 4.69) is 13.5 Å². The lowest BCUT2D eigenvalue weighted by molar-refractivity contribution is -0.112. The SMILES string of the molecule is C=C1CC(OC)=C(CCCC)C1=O. The third-order valence-corrected chi connectivity index (χ3v) is 2.33. The molecule has 0 bridgehead atoms. The smallest absolute Gasteiger partial charge is 0.188 e. The van der Waals surface area contributed by atoms with Gasteiger partial charge in [-0.05, 0) is 12.8 Å². The third-order valence-electron chi connectivity index (χ3n) is 2.33. The van der Waals surface area contributed by atoms with E-state index in [0.29, 0.717) is 12.0 Å². The Balaban J connectivity index is 2.75. The van der Waals surface area contributed by atoms with E-state index in [1.165, 1.54) is 0 Å². The van der Waals surface area contributed by atoms with Crippen LogP contribution < -0.4 is 0 Å². The normalized spacial score (nSPS) is 17.1. The van der Waals surface area contributed by atoms with Crippen molar-refractivity contribution in [2.45, 2.75) is 32.6 Å². The summed E-state index contributed by atoms with van der Waals surface area (Å²) in [7, 11) is 1.62. The van der Waals surface area contributed by atoms with E-state index in [1.807, 2.05) is 0 Å². The van der Waals surface area contributed by atoms with Crippen molar-refractivity contribution in [1.29, 1.82) is 0 Å². The Morgan fingerprint density at radius 3 is 2.77 bits per heavy atom. The van der Waals surface area contributed by atoms with Gasteiger partial charge in [-0.1, -0.05) is 19.9 Å². The maximum Gasteiger partial charge on any atom is 0.188 e. The molecule has 72 valence electrons. The minimum atomic E-state index is 0.102. The van der Waals surface area contributed by atoms with Crippen molar-refractivity contribution in [1.82, 2.24) is 0 Å². The van der Waals surface area contributed by atoms with Gasteiger partial charge in [0.25, 0.3) is 0 Å². The Labute approximate surface area is 79.3 Å². The van der Waals surface area contributed by atoms with Gasteiger partial charge in [0, 0.05) is 17.6 Å². The predicted molar refractivity (Wildman–Crippen MR) is 52.3 cm³/mol. The van der Waals surface area contributed by atoms with Crippen molar-refractivity contribution in [3.8, 4) is 0 Å². The molecule has 0 heterocycles. The number of hydrogen-bond donors (Lipinski definition) is 0. The number of Topliss-reactive ketones (excluding diaryl/α,β-unsaturated/α-hetero) is 1. The van der Waals surface area contributed by atoms with Crippen molar-refractivity contribution < 1.29 is 9.53 Å². The van der Waals surface area contributed by atoms with E-state index in [0.717, 1.165) is 30.6 Å². The van der Waals surface area contributed by atoms with E-state index in [1.54, 1.807) is 7.11 Å². The fraction of sp³-hybridized carbons (Fsp3) is 0.545. The van der Waals surface area contributed by atoms with Gasteiger partial charge in [-0.15, -0.1) is 0 Å². The Hall–Kier alpha value is -1.05. The Morgan fingerprint density at radius 2 is 2.23 bits per heavy atom. The highest BCUT2D eigenvalue weighted by atomic mass is 16.5. The molecule has 1 rings (SSSR count). The highest BCUT2D eigenvalue weighted by molar-refractivity contribution is 6.11. The molecule has 13 heavy (non-hydrogen) atoms. The van der Waals surface area contributed by atoms with Crippen molar-refractivity contribution in [3.05, 3.63) is 23.5 Å². The molecule has 0 atom stereocenters. The zero-order valence-electron chi connectivity index (χ0n) is 8.35. The fourth-order valence-corrected chi connectivity index (χ4v) is 1.52. The number of methoxy groups -OCH3 is 1. The highest BCUT2D eigenvalue weighted by Crippen LogP contribution is 2.30. The number of ether oxygens (including phenoxy) is 1. The third kappa shape index (κ3) is 2.00. The van der Waals surface area contributed by atoms with Gasteiger partial charge in [-0.3, -0.25) is 4.79 Å². The summed E-state index contributed by atoms with van der Waals surface area (Å²) in [4.78, 5) is 11.5. The fourth-order valence-electron chi connectivity index (χ4n) is 1.52. The number of carbonyl (C=O) groups excluding carboxylic acids is 1. The van der Waals surface area contributed by atoms with Crippen LogP contribution in [0.3, 0.4) is 0 Å². The Kier molecular flexibility index (Phi) is 3.29. The van der Waals surface area contributed by atoms with Crippen LogP contribution in [-0.4, -0.2) is 12.9 Å². The van der Waals surface area contributed by atoms with Crippen LogP contribution in [0.4, 0.5) is 0 Å². The topological polar surface area (TPSA) is 26.3 Å². The first kappa shape index (κ1) is 10.0. The van der Waals surface area contributed by atoms with Gasteiger partial charge in [-0.25, -0.2) is 0 Å². The number of hydrogen-bond acceptors (Lipinski definition) is 2. The lowest BCUT2D eigenvalue weighted by Gasteiger charge is -2.02. The Bertz CT molecular complexity index is 261. The zero-order valence-corrected chi connectivity index (χ0v) is 8.35. The highest BCUT2D eigenvalue weighted by Gasteiger charge is 2.26. The lowest BCUT2D eigenvalue weighted by Crippen LogP contribution is -1.98. The van der Waals surface area contributed by atoms with Crippen LogP contribution in [0.25, 0.3) is 0 Å². The molecule has 1 aliphatic carbocycles. The van der Waals surface area contributed by atoms with Crippen molar-refractivity contribution >= 4 is 5.78 Å². The Morgan fingerprint density at radius 1 is 1.54 bits per heavy atom. The molecule has 1 aliphatic rings. The van der Waals surface area contributed by atoms with E-state index < -0.39 is 0 Å². The molecular formula is C11H16O2. The van der Waals surface area contributed by atoms with E-state index in [-0.39, 0.29) is 5.78 Å². The van der Waals surface area contributed by atoms with Gasteiger partial charge in [0.2, 0.25) is 0 Å². The maximum absolute atomic E-state index is 11.5. The predicted octanol–water partition coefficient (Wildman–Crippen LogP) is 2.61. The molecule has 0 aromatic carbocycles. The number of allylic oxidation sites excluding steroid dienone is 2. The average Bonchev–Trinajstić information content (AvgIpc) is 2.40. The van der Waals surface area contributed by atoms with E-state index in [9.17, 15) is 4.79 Å². The number of unbranched alkanes of at least 4 members (excludes halogenated alkanes) is 1. The van der Waals surface area contributed by atoms with Crippen LogP contribution in [0.1, 0.15) is 32.6 Å². The molecule has 2 heteroatoms. The number of rotatable bonds is 4. The van der Waals surface area contributed by atoms with Gasteiger partial charge in [0.1, 0.15) is 5.76 Å². The lowest BCUT2D eigenvalue weighted by atomic mass is 10.1. The first-order valence-electron chi connectivity index (χ1n) is 4.69. The second-order valence-corrected chi connectivity index (χ2v) is 3.32. The van der Waals surface area contributed by atoms with E-state index in [4.69, 9.17) is 4.74 Å². The van der Waals surface area contributed by atoms with Crippen LogP contribution in [-0.2, 0) is 9.53 Å². The number of carbonyl (C=O) groups is 1. The summed E-state index contributed by atoms with van der Waals surface area (Å²) in [6.45, 7) is 5.83. The van der Waals surface area contributed by atoms with Crippen molar-refractivity contribution in [2.75, 3.05) is 7.11 Å². The van der Waals surface area contributed by atoms with Crippen LogP contribution in [0.15, 0.2) is 23.5 Å². The average molecular weight is 180 g/mol. The molecule has 0 spiro atoms. The van der Waals surface area contributed by atoms with Gasteiger partial charge >= 0.3 is 0 Å². The van der Waals surface area contributed by atoms with Gasteiger partial charge < -0.3 is 4.74 Å². The molecule has 0 unspecified atom stereocenters. The molecule has 0 N–H and O–H groups in total. The van der Waals surface area contributed by atoms with Crippen molar-refractivity contribution in [3.63, 3.8) is 0 Å². The summed E-state index contributed by atoms with van der Waals surface area (Å²) in [5.41, 5.74) is 1.51. The molecule has 2 nitrogen and oxygen atoms in total.